The van der Waals surface area contributed by atoms with Crippen LogP contribution in [0.15, 0.2) is 54.6 Å². The van der Waals surface area contributed by atoms with Crippen LogP contribution in [0.4, 0.5) is 4.39 Å². The Balaban J connectivity index is 1.87. The number of hydrogen-bond acceptors (Lipinski definition) is 3. The molecule has 1 heterocycles. The molecule has 30 heavy (non-hydrogen) atoms. The first kappa shape index (κ1) is 22.0. The molecule has 0 aromatic heterocycles. The van der Waals surface area contributed by atoms with Crippen LogP contribution in [0.3, 0.4) is 0 Å². The topological polar surface area (TPSA) is 69.6 Å². The van der Waals surface area contributed by atoms with E-state index < -0.39 is 36.2 Å². The Kier molecular flexibility index (Phi) is 6.87. The molecule has 4 atom stereocenters. The average molecular weight is 413 g/mol. The summed E-state index contributed by atoms with van der Waals surface area (Å²) in [5.74, 6) is -0.664. The summed E-state index contributed by atoms with van der Waals surface area (Å²) in [5.41, 5.74) is 3.00. The van der Waals surface area contributed by atoms with Crippen molar-refractivity contribution in [2.75, 3.05) is 6.54 Å². The van der Waals surface area contributed by atoms with Gasteiger partial charge in [-0.25, -0.2) is 4.39 Å². The molecule has 1 aliphatic heterocycles. The second kappa shape index (κ2) is 9.39. The van der Waals surface area contributed by atoms with Crippen molar-refractivity contribution in [3.8, 4) is 0 Å². The maximum atomic E-state index is 14.1. The fourth-order valence-electron chi connectivity index (χ4n) is 3.83. The third-order valence-corrected chi connectivity index (χ3v) is 5.55. The van der Waals surface area contributed by atoms with Crippen LogP contribution in [0.2, 0.25) is 0 Å². The summed E-state index contributed by atoms with van der Waals surface area (Å²) in [6.45, 7) is 5.38. The zero-order valence-electron chi connectivity index (χ0n) is 17.6. The Morgan fingerprint density at radius 1 is 1.00 bits per heavy atom. The largest absolute Gasteiger partial charge is 0.384 e. The van der Waals surface area contributed by atoms with Crippen LogP contribution in [-0.4, -0.2) is 46.7 Å². The Morgan fingerprint density at radius 3 is 2.13 bits per heavy atom. The van der Waals surface area contributed by atoms with Crippen molar-refractivity contribution in [1.82, 2.24) is 10.2 Å². The molecule has 2 aromatic rings. The monoisotopic (exact) mass is 412 g/mol. The molecule has 0 saturated carbocycles. The molecule has 2 aromatic carbocycles. The van der Waals surface area contributed by atoms with Crippen molar-refractivity contribution in [2.45, 2.75) is 57.5 Å². The van der Waals surface area contributed by atoms with Gasteiger partial charge < -0.3 is 15.3 Å². The van der Waals surface area contributed by atoms with E-state index in [1.54, 1.807) is 0 Å². The van der Waals surface area contributed by atoms with Crippen LogP contribution in [0.1, 0.15) is 55.8 Å². The Hall–Kier alpha value is -2.73. The Labute approximate surface area is 176 Å². The van der Waals surface area contributed by atoms with Crippen molar-refractivity contribution in [3.05, 3.63) is 71.3 Å². The summed E-state index contributed by atoms with van der Waals surface area (Å²) in [6, 6.07) is 16.2. The number of carbonyl (C=O) groups is 2. The van der Waals surface area contributed by atoms with E-state index in [4.69, 9.17) is 0 Å². The highest BCUT2D eigenvalue weighted by molar-refractivity contribution is 5.90. The molecule has 0 radical (unpaired) electrons. The van der Waals surface area contributed by atoms with E-state index in [2.05, 4.69) is 19.2 Å². The molecule has 0 spiro atoms. The molecule has 1 aliphatic rings. The quantitative estimate of drug-likeness (QED) is 0.765. The van der Waals surface area contributed by atoms with E-state index in [0.717, 1.165) is 16.0 Å². The lowest BCUT2D eigenvalue weighted by Gasteiger charge is -2.27. The highest BCUT2D eigenvalue weighted by atomic mass is 19.1. The fourth-order valence-corrected chi connectivity index (χ4v) is 3.83. The number of halogens is 1. The molecule has 2 amide bonds. The number of nitrogens with zero attached hydrogens (tertiary/aromatic N) is 1. The van der Waals surface area contributed by atoms with Crippen LogP contribution < -0.4 is 5.32 Å². The van der Waals surface area contributed by atoms with Gasteiger partial charge in [-0.3, -0.25) is 9.59 Å². The third kappa shape index (κ3) is 4.87. The first-order chi connectivity index (χ1) is 14.3. The normalized spacial score (nSPS) is 20.8. The lowest BCUT2D eigenvalue weighted by molar-refractivity contribution is -0.144. The molecule has 0 bridgehead atoms. The van der Waals surface area contributed by atoms with Crippen molar-refractivity contribution in [2.24, 2.45) is 0 Å². The molecule has 160 valence electrons. The van der Waals surface area contributed by atoms with Gasteiger partial charge in [-0.15, -0.1) is 0 Å². The van der Waals surface area contributed by atoms with Gasteiger partial charge in [0.05, 0.1) is 12.6 Å². The van der Waals surface area contributed by atoms with Gasteiger partial charge in [0.1, 0.15) is 18.3 Å². The summed E-state index contributed by atoms with van der Waals surface area (Å²) in [4.78, 5) is 26.5. The maximum Gasteiger partial charge on any atom is 0.251 e. The number of benzene rings is 2. The van der Waals surface area contributed by atoms with Gasteiger partial charge in [0.25, 0.3) is 5.91 Å². The molecule has 0 aliphatic carbocycles. The number of nitrogens with one attached hydrogen (secondary N) is 1. The van der Waals surface area contributed by atoms with Crippen molar-refractivity contribution < 1.29 is 19.1 Å². The minimum Gasteiger partial charge on any atom is -0.384 e. The van der Waals surface area contributed by atoms with Crippen LogP contribution in [0.25, 0.3) is 0 Å². The van der Waals surface area contributed by atoms with Crippen molar-refractivity contribution >= 4 is 11.8 Å². The van der Waals surface area contributed by atoms with Crippen LogP contribution in [0.5, 0.6) is 0 Å². The van der Waals surface area contributed by atoms with E-state index in [1.165, 1.54) is 12.5 Å². The zero-order valence-corrected chi connectivity index (χ0v) is 17.6. The van der Waals surface area contributed by atoms with E-state index in [-0.39, 0.29) is 13.0 Å². The number of rotatable bonds is 6. The Morgan fingerprint density at radius 2 is 1.57 bits per heavy atom. The van der Waals surface area contributed by atoms with E-state index in [1.807, 2.05) is 54.6 Å². The van der Waals surface area contributed by atoms with Crippen LogP contribution in [0, 0.1) is 0 Å². The third-order valence-electron chi connectivity index (χ3n) is 5.55. The Bertz CT molecular complexity index is 868. The van der Waals surface area contributed by atoms with Gasteiger partial charge >= 0.3 is 0 Å². The molecule has 3 rings (SSSR count). The second-order valence-electron chi connectivity index (χ2n) is 8.19. The highest BCUT2D eigenvalue weighted by Crippen LogP contribution is 2.27. The smallest absolute Gasteiger partial charge is 0.251 e. The SMILES string of the molecule is CC(O)C(=O)N1C[C@H](F)C[C@H]1C(=O)N[C@@H](c1ccccc1)c1ccc(C(C)C)cc1. The summed E-state index contributed by atoms with van der Waals surface area (Å²) in [7, 11) is 0. The van der Waals surface area contributed by atoms with Crippen molar-refractivity contribution in [1.29, 1.82) is 0 Å². The van der Waals surface area contributed by atoms with E-state index in [9.17, 15) is 19.1 Å². The number of aliphatic hydroxyl groups is 1. The highest BCUT2D eigenvalue weighted by Gasteiger charge is 2.41. The summed E-state index contributed by atoms with van der Waals surface area (Å²) >= 11 is 0. The fraction of sp³-hybridized carbons (Fsp3) is 0.417. The van der Waals surface area contributed by atoms with Crippen molar-refractivity contribution in [3.63, 3.8) is 0 Å². The summed E-state index contributed by atoms with van der Waals surface area (Å²) < 4.78 is 14.1. The number of likely N-dealkylation sites (tertiary alicyclic amines) is 1. The minimum atomic E-state index is -1.29. The second-order valence-corrected chi connectivity index (χ2v) is 8.19. The molecule has 6 heteroatoms. The predicted molar refractivity (Wildman–Crippen MR) is 114 cm³/mol. The lowest BCUT2D eigenvalue weighted by Crippen LogP contribution is -2.49. The predicted octanol–water partition coefficient (Wildman–Crippen LogP) is 3.34. The van der Waals surface area contributed by atoms with Gasteiger partial charge in [0, 0.05) is 6.42 Å². The molecule has 1 fully saturated rings. The molecule has 1 saturated heterocycles. The van der Waals surface area contributed by atoms with Gasteiger partial charge in [-0.1, -0.05) is 68.4 Å². The molecule has 2 N–H and O–H groups in total. The standard InChI is InChI=1S/C24H29FN2O3/c1-15(2)17-9-11-19(12-10-17)22(18-7-5-4-6-8-18)26-23(29)21-13-20(25)14-27(21)24(30)16(3)28/h4-12,15-16,20-22,28H,13-14H2,1-3H3,(H,26,29)/t16?,20-,21+,22+/m1/s1. The van der Waals surface area contributed by atoms with Gasteiger partial charge in [0.15, 0.2) is 0 Å². The molecular formula is C24H29FN2O3. The van der Waals surface area contributed by atoms with Gasteiger partial charge in [-0.2, -0.15) is 0 Å². The van der Waals surface area contributed by atoms with Crippen LogP contribution in [-0.2, 0) is 9.59 Å². The lowest BCUT2D eigenvalue weighted by atomic mass is 9.95. The number of hydrogen-bond donors (Lipinski definition) is 2. The molecular weight excluding hydrogens is 383 g/mol. The van der Waals surface area contributed by atoms with Crippen LogP contribution >= 0.6 is 0 Å². The maximum absolute atomic E-state index is 14.1. The number of alkyl halides is 1. The molecule has 5 nitrogen and oxygen atoms in total. The van der Waals surface area contributed by atoms with E-state index in [0.29, 0.717) is 5.92 Å². The van der Waals surface area contributed by atoms with E-state index >= 15 is 0 Å². The number of aliphatic hydroxyl groups excluding tert-OH is 1. The number of carbonyl (C=O) groups excluding carboxylic acids is 2. The van der Waals surface area contributed by atoms with Gasteiger partial charge in [0.2, 0.25) is 5.91 Å². The summed E-state index contributed by atoms with van der Waals surface area (Å²) in [5, 5.41) is 12.6. The average Bonchev–Trinajstić information content (AvgIpc) is 3.13. The summed E-state index contributed by atoms with van der Waals surface area (Å²) in [6.07, 6.45) is -2.64. The first-order valence-corrected chi connectivity index (χ1v) is 10.4. The first-order valence-electron chi connectivity index (χ1n) is 10.4. The zero-order chi connectivity index (χ0) is 21.8. The minimum absolute atomic E-state index is 0.0713. The molecule has 1 unspecified atom stereocenters. The van der Waals surface area contributed by atoms with Gasteiger partial charge in [-0.05, 0) is 29.5 Å². The number of amides is 2.